The second kappa shape index (κ2) is 36.5. The van der Waals surface area contributed by atoms with Gasteiger partial charge in [0.1, 0.15) is 19.3 Å². The largest absolute Gasteiger partial charge is 0.472 e. The molecule has 0 saturated heterocycles. The molecule has 0 rings (SSSR count). The zero-order valence-corrected chi connectivity index (χ0v) is 35.5. The molecule has 51 heavy (non-hydrogen) atoms. The Kier molecular flexibility index (Phi) is 36.1. The number of phosphoric acid groups is 1. The van der Waals surface area contributed by atoms with Crippen LogP contribution in [0.1, 0.15) is 206 Å². The van der Waals surface area contributed by atoms with Gasteiger partial charge in [-0.15, -0.1) is 0 Å². The quantitative estimate of drug-likeness (QED) is 0.0288. The average molecular weight is 749 g/mol. The summed E-state index contributed by atoms with van der Waals surface area (Å²) in [6.07, 6.45) is 36.9. The van der Waals surface area contributed by atoms with Gasteiger partial charge in [0.05, 0.1) is 34.4 Å². The van der Waals surface area contributed by atoms with Gasteiger partial charge >= 0.3 is 13.8 Å². The third-order valence-corrected chi connectivity index (χ3v) is 10.7. The minimum Gasteiger partial charge on any atom is -0.457 e. The second-order valence-corrected chi connectivity index (χ2v) is 17.5. The summed E-state index contributed by atoms with van der Waals surface area (Å²) in [5.41, 5.74) is 0. The summed E-state index contributed by atoms with van der Waals surface area (Å²) in [5.74, 6) is -0.308. The summed E-state index contributed by atoms with van der Waals surface area (Å²) in [6, 6.07) is 0. The summed E-state index contributed by atoms with van der Waals surface area (Å²) >= 11 is 0. The van der Waals surface area contributed by atoms with E-state index in [9.17, 15) is 14.3 Å². The third-order valence-electron chi connectivity index (χ3n) is 9.67. The first-order chi connectivity index (χ1) is 24.6. The number of quaternary nitrogens is 1. The summed E-state index contributed by atoms with van der Waals surface area (Å²) in [5, 5.41) is 0. The molecule has 0 aromatic rings. The van der Waals surface area contributed by atoms with Gasteiger partial charge in [-0.1, -0.05) is 187 Å². The van der Waals surface area contributed by atoms with Gasteiger partial charge in [0.2, 0.25) is 0 Å². The zero-order chi connectivity index (χ0) is 37.7. The minimum absolute atomic E-state index is 0.0937. The smallest absolute Gasteiger partial charge is 0.457 e. The van der Waals surface area contributed by atoms with Crippen molar-refractivity contribution in [3.63, 3.8) is 0 Å². The fourth-order valence-electron chi connectivity index (χ4n) is 6.26. The molecule has 0 aliphatic carbocycles. The lowest BCUT2D eigenvalue weighted by molar-refractivity contribution is -0.870. The third kappa shape index (κ3) is 40.5. The van der Waals surface area contributed by atoms with Crippen LogP contribution in [0, 0.1) is 0 Å². The fourth-order valence-corrected chi connectivity index (χ4v) is 7.00. The number of carbonyl (C=O) groups is 1. The maximum absolute atomic E-state index is 12.7. The molecule has 0 fully saturated rings. The van der Waals surface area contributed by atoms with Crippen molar-refractivity contribution >= 4 is 13.8 Å². The van der Waals surface area contributed by atoms with Crippen molar-refractivity contribution in [1.82, 2.24) is 0 Å². The highest BCUT2D eigenvalue weighted by molar-refractivity contribution is 7.47. The fraction of sp³-hybridized carbons (Fsp3) is 0.976. The molecule has 8 nitrogen and oxygen atoms in total. The Morgan fingerprint density at radius 1 is 0.529 bits per heavy atom. The van der Waals surface area contributed by atoms with Crippen LogP contribution in [0.25, 0.3) is 0 Å². The standard InChI is InChI=1S/C42H86NO7P/c1-6-8-10-12-14-16-18-20-21-22-23-24-25-27-29-31-33-35-42(44)50-41(40-49-51(45,46)48-38-36-43(3,4)5)39-47-37-34-32-30-28-26-19-17-15-13-11-9-7-2/h41H,6-40H2,1-5H3/p+1. The molecule has 0 radical (unpaired) electrons. The maximum atomic E-state index is 12.7. The number of nitrogens with zero attached hydrogens (tertiary/aromatic N) is 1. The molecule has 0 amide bonds. The molecule has 0 aliphatic rings. The summed E-state index contributed by atoms with van der Waals surface area (Å²) in [4.78, 5) is 22.8. The van der Waals surface area contributed by atoms with Crippen LogP contribution in [-0.4, -0.2) is 75.6 Å². The van der Waals surface area contributed by atoms with Crippen molar-refractivity contribution in [2.45, 2.75) is 213 Å². The Labute approximate surface area is 317 Å². The van der Waals surface area contributed by atoms with E-state index in [1.54, 1.807) is 0 Å². The van der Waals surface area contributed by atoms with Crippen molar-refractivity contribution < 1.29 is 37.3 Å². The van der Waals surface area contributed by atoms with E-state index < -0.39 is 13.9 Å². The first-order valence-corrected chi connectivity index (χ1v) is 23.3. The molecule has 0 bridgehead atoms. The van der Waals surface area contributed by atoms with Gasteiger partial charge in [0.15, 0.2) is 0 Å². The molecule has 0 spiro atoms. The van der Waals surface area contributed by atoms with Gasteiger partial charge in [0.25, 0.3) is 0 Å². The molecule has 0 aromatic heterocycles. The van der Waals surface area contributed by atoms with Crippen LogP contribution in [0.15, 0.2) is 0 Å². The van der Waals surface area contributed by atoms with Crippen molar-refractivity contribution in [3.8, 4) is 0 Å². The van der Waals surface area contributed by atoms with E-state index in [1.165, 1.54) is 154 Å². The number of hydrogen-bond donors (Lipinski definition) is 1. The summed E-state index contributed by atoms with van der Waals surface area (Å²) < 4.78 is 35.0. The van der Waals surface area contributed by atoms with E-state index in [-0.39, 0.29) is 25.8 Å². The van der Waals surface area contributed by atoms with E-state index >= 15 is 0 Å². The Morgan fingerprint density at radius 2 is 0.902 bits per heavy atom. The molecular formula is C42H87NO7P+. The van der Waals surface area contributed by atoms with Crippen molar-refractivity contribution in [2.75, 3.05) is 54.1 Å². The molecule has 1 N–H and O–H groups in total. The first kappa shape index (κ1) is 50.5. The Hall–Kier alpha value is -0.500. The molecule has 0 heterocycles. The normalized spacial score (nSPS) is 13.8. The van der Waals surface area contributed by atoms with Gasteiger partial charge in [0, 0.05) is 13.0 Å². The van der Waals surface area contributed by atoms with Crippen LogP contribution in [-0.2, 0) is 27.9 Å². The summed E-state index contributed by atoms with van der Waals surface area (Å²) in [7, 11) is 1.68. The Bertz CT molecular complexity index is 792. The van der Waals surface area contributed by atoms with Crippen LogP contribution in [0.5, 0.6) is 0 Å². The molecule has 306 valence electrons. The zero-order valence-electron chi connectivity index (χ0n) is 34.6. The van der Waals surface area contributed by atoms with Gasteiger partial charge in [-0.05, 0) is 12.8 Å². The lowest BCUT2D eigenvalue weighted by Crippen LogP contribution is -2.37. The number of esters is 1. The Morgan fingerprint density at radius 3 is 1.29 bits per heavy atom. The molecule has 2 unspecified atom stereocenters. The van der Waals surface area contributed by atoms with Crippen molar-refractivity contribution in [1.29, 1.82) is 0 Å². The molecule has 0 aliphatic heterocycles. The number of hydrogen-bond acceptors (Lipinski definition) is 6. The number of ether oxygens (including phenoxy) is 2. The van der Waals surface area contributed by atoms with E-state index in [0.29, 0.717) is 24.1 Å². The van der Waals surface area contributed by atoms with Crippen LogP contribution >= 0.6 is 7.82 Å². The van der Waals surface area contributed by atoms with Crippen LogP contribution < -0.4 is 0 Å². The number of phosphoric ester groups is 1. The average Bonchev–Trinajstić information content (AvgIpc) is 3.08. The number of carbonyl (C=O) groups excluding carboxylic acids is 1. The number of rotatable bonds is 41. The Balaban J connectivity index is 4.17. The van der Waals surface area contributed by atoms with Crippen LogP contribution in [0.2, 0.25) is 0 Å². The maximum Gasteiger partial charge on any atom is 0.472 e. The lowest BCUT2D eigenvalue weighted by Gasteiger charge is -2.24. The van der Waals surface area contributed by atoms with Gasteiger partial charge in [-0.3, -0.25) is 13.8 Å². The van der Waals surface area contributed by atoms with Crippen LogP contribution in [0.3, 0.4) is 0 Å². The molecular weight excluding hydrogens is 661 g/mol. The van der Waals surface area contributed by atoms with Crippen LogP contribution in [0.4, 0.5) is 0 Å². The van der Waals surface area contributed by atoms with Crippen molar-refractivity contribution in [2.24, 2.45) is 0 Å². The molecule has 2 atom stereocenters. The SMILES string of the molecule is CCCCCCCCCCCCCCCCCCCC(=O)OC(COCCCCCCCCCCCCCC)COP(=O)(O)OCC[N+](C)(C)C. The molecule has 0 saturated carbocycles. The highest BCUT2D eigenvalue weighted by Gasteiger charge is 2.26. The first-order valence-electron chi connectivity index (χ1n) is 21.8. The predicted octanol–water partition coefficient (Wildman–Crippen LogP) is 12.5. The number of likely N-dealkylation sites (N-methyl/N-ethyl adjacent to an activating group) is 1. The van der Waals surface area contributed by atoms with Crippen molar-refractivity contribution in [3.05, 3.63) is 0 Å². The van der Waals surface area contributed by atoms with E-state index in [0.717, 1.165) is 32.1 Å². The van der Waals surface area contributed by atoms with Gasteiger partial charge in [-0.2, -0.15) is 0 Å². The van der Waals surface area contributed by atoms with E-state index in [1.807, 2.05) is 21.1 Å². The highest BCUT2D eigenvalue weighted by atomic mass is 31.2. The molecule has 9 heteroatoms. The van der Waals surface area contributed by atoms with Gasteiger partial charge < -0.3 is 18.9 Å². The molecule has 0 aromatic carbocycles. The van der Waals surface area contributed by atoms with E-state index in [4.69, 9.17) is 18.5 Å². The monoisotopic (exact) mass is 749 g/mol. The summed E-state index contributed by atoms with van der Waals surface area (Å²) in [6.45, 7) is 5.67. The topological polar surface area (TPSA) is 91.3 Å². The lowest BCUT2D eigenvalue weighted by atomic mass is 10.0. The highest BCUT2D eigenvalue weighted by Crippen LogP contribution is 2.43. The second-order valence-electron chi connectivity index (χ2n) is 16.1. The minimum atomic E-state index is -4.26. The van der Waals surface area contributed by atoms with E-state index in [2.05, 4.69) is 13.8 Å². The predicted molar refractivity (Wildman–Crippen MR) is 215 cm³/mol. The number of unbranched alkanes of at least 4 members (excludes halogenated alkanes) is 27. The van der Waals surface area contributed by atoms with Gasteiger partial charge in [-0.25, -0.2) is 4.57 Å².